The highest BCUT2D eigenvalue weighted by molar-refractivity contribution is 9.11. The van der Waals surface area contributed by atoms with Gasteiger partial charge in [-0.25, -0.2) is 4.98 Å². The fourth-order valence-corrected chi connectivity index (χ4v) is 3.97. The molecule has 0 saturated heterocycles. The highest BCUT2D eigenvalue weighted by Gasteiger charge is 2.06. The summed E-state index contributed by atoms with van der Waals surface area (Å²) in [6.07, 6.45) is 1.54. The van der Waals surface area contributed by atoms with Crippen LogP contribution in [0.25, 0.3) is 11.3 Å². The predicted octanol–water partition coefficient (Wildman–Crippen LogP) is 6.14. The van der Waals surface area contributed by atoms with Crippen LogP contribution >= 0.6 is 54.8 Å². The van der Waals surface area contributed by atoms with Crippen molar-refractivity contribution in [1.29, 1.82) is 0 Å². The highest BCUT2D eigenvalue weighted by atomic mass is 79.9. The summed E-state index contributed by atoms with van der Waals surface area (Å²) in [7, 11) is 0. The average molecular weight is 488 g/mol. The number of hydrogen-bond acceptors (Lipinski definition) is 5. The standard InChI is InChI=1S/C16H10Br2ClN3OS/c17-11-5-10(15(23)13(18)6-11)7-20-22-16-21-14(8-24-16)9-1-3-12(19)4-2-9/h1-8,23H,(H,21,22)/b20-7+. The number of nitrogens with zero attached hydrogens (tertiary/aromatic N) is 2. The number of phenols is 1. The minimum atomic E-state index is 0.129. The van der Waals surface area contributed by atoms with Crippen LogP contribution in [-0.2, 0) is 0 Å². The molecule has 1 aromatic heterocycles. The number of rotatable bonds is 4. The van der Waals surface area contributed by atoms with Gasteiger partial charge in [-0.2, -0.15) is 5.10 Å². The first-order chi connectivity index (χ1) is 11.5. The lowest BCUT2D eigenvalue weighted by atomic mass is 10.2. The van der Waals surface area contributed by atoms with Crippen LogP contribution in [0.2, 0.25) is 5.02 Å². The topological polar surface area (TPSA) is 57.5 Å². The highest BCUT2D eigenvalue weighted by Crippen LogP contribution is 2.31. The summed E-state index contributed by atoms with van der Waals surface area (Å²) in [6, 6.07) is 11.0. The van der Waals surface area contributed by atoms with Gasteiger partial charge in [-0.3, -0.25) is 5.43 Å². The lowest BCUT2D eigenvalue weighted by Gasteiger charge is -2.02. The average Bonchev–Trinajstić information content (AvgIpc) is 3.01. The number of nitrogens with one attached hydrogen (secondary N) is 1. The molecule has 0 aliphatic carbocycles. The number of aromatic hydroxyl groups is 1. The number of phenolic OH excluding ortho intramolecular Hbond substituents is 1. The second kappa shape index (κ2) is 7.65. The zero-order valence-corrected chi connectivity index (χ0v) is 16.7. The predicted molar refractivity (Wildman–Crippen MR) is 107 cm³/mol. The van der Waals surface area contributed by atoms with Crippen LogP contribution in [0.5, 0.6) is 5.75 Å². The van der Waals surface area contributed by atoms with E-state index in [0.717, 1.165) is 15.7 Å². The molecule has 4 nitrogen and oxygen atoms in total. The summed E-state index contributed by atoms with van der Waals surface area (Å²) >= 11 is 14.0. The van der Waals surface area contributed by atoms with E-state index in [1.54, 1.807) is 12.1 Å². The molecule has 0 fully saturated rings. The van der Waals surface area contributed by atoms with Crippen molar-refractivity contribution in [1.82, 2.24) is 4.98 Å². The van der Waals surface area contributed by atoms with Gasteiger partial charge in [0.1, 0.15) is 5.75 Å². The zero-order valence-electron chi connectivity index (χ0n) is 12.0. The van der Waals surface area contributed by atoms with Crippen LogP contribution in [0, 0.1) is 0 Å². The second-order valence-electron chi connectivity index (χ2n) is 4.74. The van der Waals surface area contributed by atoms with Crippen molar-refractivity contribution in [2.45, 2.75) is 0 Å². The lowest BCUT2D eigenvalue weighted by Crippen LogP contribution is -1.91. The molecule has 3 aromatic rings. The Balaban J connectivity index is 1.73. The molecule has 0 atom stereocenters. The van der Waals surface area contributed by atoms with Crippen molar-refractivity contribution in [3.05, 3.63) is 61.3 Å². The van der Waals surface area contributed by atoms with Crippen LogP contribution in [0.4, 0.5) is 5.13 Å². The van der Waals surface area contributed by atoms with E-state index in [2.05, 4.69) is 47.4 Å². The van der Waals surface area contributed by atoms with Gasteiger partial charge in [0.25, 0.3) is 0 Å². The van der Waals surface area contributed by atoms with Crippen molar-refractivity contribution in [2.24, 2.45) is 5.10 Å². The van der Waals surface area contributed by atoms with Crippen LogP contribution in [0.15, 0.2) is 55.8 Å². The summed E-state index contributed by atoms with van der Waals surface area (Å²) in [6.45, 7) is 0. The van der Waals surface area contributed by atoms with E-state index >= 15 is 0 Å². The second-order valence-corrected chi connectivity index (χ2v) is 7.80. The van der Waals surface area contributed by atoms with Crippen molar-refractivity contribution in [2.75, 3.05) is 5.43 Å². The maximum atomic E-state index is 9.98. The Bertz CT molecular complexity index is 897. The van der Waals surface area contributed by atoms with Gasteiger partial charge in [-0.1, -0.05) is 39.7 Å². The van der Waals surface area contributed by atoms with Gasteiger partial charge in [0.15, 0.2) is 0 Å². The molecule has 3 rings (SSSR count). The molecule has 24 heavy (non-hydrogen) atoms. The Hall–Kier alpha value is -1.41. The van der Waals surface area contributed by atoms with Crippen molar-refractivity contribution in [3.63, 3.8) is 0 Å². The Kier molecular flexibility index (Phi) is 5.55. The minimum Gasteiger partial charge on any atom is -0.506 e. The monoisotopic (exact) mass is 485 g/mol. The summed E-state index contributed by atoms with van der Waals surface area (Å²) in [5.74, 6) is 0.129. The quantitative estimate of drug-likeness (QED) is 0.343. The molecule has 1 heterocycles. The van der Waals surface area contributed by atoms with Crippen LogP contribution < -0.4 is 5.43 Å². The van der Waals surface area contributed by atoms with E-state index in [4.69, 9.17) is 11.6 Å². The van der Waals surface area contributed by atoms with E-state index in [1.807, 2.05) is 29.6 Å². The third-order valence-electron chi connectivity index (χ3n) is 3.07. The maximum absolute atomic E-state index is 9.98. The molecular formula is C16H10Br2ClN3OS. The molecule has 0 amide bonds. The SMILES string of the molecule is Oc1c(Br)cc(Br)cc1/C=N/Nc1nc(-c2ccc(Cl)cc2)cs1. The summed E-state index contributed by atoms with van der Waals surface area (Å²) in [4.78, 5) is 4.47. The normalized spacial score (nSPS) is 11.1. The number of hydrazone groups is 1. The number of benzene rings is 2. The van der Waals surface area contributed by atoms with E-state index in [0.29, 0.717) is 20.2 Å². The third kappa shape index (κ3) is 4.16. The first kappa shape index (κ1) is 17.4. The van der Waals surface area contributed by atoms with Crippen molar-refractivity contribution < 1.29 is 5.11 Å². The molecule has 0 spiro atoms. The molecule has 0 radical (unpaired) electrons. The number of halogens is 3. The summed E-state index contributed by atoms with van der Waals surface area (Å²) in [5.41, 5.74) is 5.29. The Labute approximate surface area is 164 Å². The fourth-order valence-electron chi connectivity index (χ4n) is 1.92. The molecule has 122 valence electrons. The van der Waals surface area contributed by atoms with Crippen molar-refractivity contribution in [3.8, 4) is 17.0 Å². The molecule has 0 aliphatic rings. The van der Waals surface area contributed by atoms with Gasteiger partial charge in [0, 0.05) is 26.0 Å². The molecule has 2 aromatic carbocycles. The molecular weight excluding hydrogens is 478 g/mol. The Morgan fingerprint density at radius 3 is 2.71 bits per heavy atom. The number of thiazole rings is 1. The van der Waals surface area contributed by atoms with E-state index in [-0.39, 0.29) is 5.75 Å². The third-order valence-corrected chi connectivity index (χ3v) is 5.13. The molecule has 0 saturated carbocycles. The van der Waals surface area contributed by atoms with Gasteiger partial charge in [-0.15, -0.1) is 11.3 Å². The molecule has 2 N–H and O–H groups in total. The van der Waals surface area contributed by atoms with Gasteiger partial charge < -0.3 is 5.11 Å². The zero-order chi connectivity index (χ0) is 17.1. The van der Waals surface area contributed by atoms with E-state index in [1.165, 1.54) is 17.6 Å². The minimum absolute atomic E-state index is 0.129. The van der Waals surface area contributed by atoms with Gasteiger partial charge in [-0.05, 0) is 40.2 Å². The van der Waals surface area contributed by atoms with Gasteiger partial charge in [0.05, 0.1) is 16.4 Å². The van der Waals surface area contributed by atoms with Crippen LogP contribution in [-0.4, -0.2) is 16.3 Å². The molecule has 0 bridgehead atoms. The van der Waals surface area contributed by atoms with E-state index in [9.17, 15) is 5.11 Å². The summed E-state index contributed by atoms with van der Waals surface area (Å²) in [5, 5.41) is 17.4. The maximum Gasteiger partial charge on any atom is 0.203 e. The fraction of sp³-hybridized carbons (Fsp3) is 0. The van der Waals surface area contributed by atoms with Crippen molar-refractivity contribution >= 4 is 66.1 Å². The Morgan fingerprint density at radius 2 is 1.96 bits per heavy atom. The van der Waals surface area contributed by atoms with Gasteiger partial charge >= 0.3 is 0 Å². The molecule has 0 unspecified atom stereocenters. The number of aromatic nitrogens is 1. The smallest absolute Gasteiger partial charge is 0.203 e. The largest absolute Gasteiger partial charge is 0.506 e. The first-order valence-corrected chi connectivity index (χ1v) is 9.56. The van der Waals surface area contributed by atoms with Crippen LogP contribution in [0.1, 0.15) is 5.56 Å². The lowest BCUT2D eigenvalue weighted by molar-refractivity contribution is 0.471. The molecule has 8 heteroatoms. The Morgan fingerprint density at radius 1 is 1.21 bits per heavy atom. The summed E-state index contributed by atoms with van der Waals surface area (Å²) < 4.78 is 1.44. The number of hydrogen-bond donors (Lipinski definition) is 2. The first-order valence-electron chi connectivity index (χ1n) is 6.71. The van der Waals surface area contributed by atoms with Crippen LogP contribution in [0.3, 0.4) is 0 Å². The molecule has 0 aliphatic heterocycles. The van der Waals surface area contributed by atoms with Gasteiger partial charge in [0.2, 0.25) is 5.13 Å². The van der Waals surface area contributed by atoms with E-state index < -0.39 is 0 Å². The number of anilines is 1.